The number of para-hydroxylation sites is 1. The first-order valence-electron chi connectivity index (χ1n) is 9.25. The molecule has 7 heteroatoms. The lowest BCUT2D eigenvalue weighted by Crippen LogP contribution is -2.34. The Morgan fingerprint density at radius 1 is 1.25 bits per heavy atom. The monoisotopic (exact) mass is 402 g/mol. The molecule has 0 radical (unpaired) electrons. The van der Waals surface area contributed by atoms with Crippen LogP contribution in [0.15, 0.2) is 48.5 Å². The average Bonchev–Trinajstić information content (AvgIpc) is 3.20. The van der Waals surface area contributed by atoms with Crippen LogP contribution < -0.4 is 15.4 Å². The van der Waals surface area contributed by atoms with Crippen LogP contribution in [0.5, 0.6) is 5.75 Å². The van der Waals surface area contributed by atoms with E-state index < -0.39 is 6.10 Å². The summed E-state index contributed by atoms with van der Waals surface area (Å²) in [6, 6.07) is 13.7. The molecule has 1 saturated heterocycles. The summed E-state index contributed by atoms with van der Waals surface area (Å²) in [5.74, 6) is -0.119. The highest BCUT2D eigenvalue weighted by atomic mass is 35.5. The van der Waals surface area contributed by atoms with Crippen molar-refractivity contribution in [2.24, 2.45) is 0 Å². The number of ether oxygens (including phenoxy) is 2. The largest absolute Gasteiger partial charge is 0.481 e. The van der Waals surface area contributed by atoms with Gasteiger partial charge in [-0.1, -0.05) is 29.8 Å². The van der Waals surface area contributed by atoms with Crippen molar-refractivity contribution in [1.82, 2.24) is 5.32 Å². The standard InChI is InChI=1S/C21H23ClN2O4/c1-14(28-16-7-4-6-15(22)12-16)20(25)24-19-10-3-2-9-18(19)21(26)23-13-17-8-5-11-27-17/h2-4,6-7,9-10,12,14,17H,5,8,11,13H2,1H3,(H,23,26)(H,24,25)/t14-,17+/m1/s1. The molecule has 148 valence electrons. The molecule has 28 heavy (non-hydrogen) atoms. The fourth-order valence-electron chi connectivity index (χ4n) is 2.93. The highest BCUT2D eigenvalue weighted by Crippen LogP contribution is 2.20. The molecule has 1 aliphatic rings. The van der Waals surface area contributed by atoms with E-state index in [1.165, 1.54) is 0 Å². The molecular formula is C21H23ClN2O4. The number of halogens is 1. The summed E-state index contributed by atoms with van der Waals surface area (Å²) < 4.78 is 11.2. The molecule has 0 aliphatic carbocycles. The van der Waals surface area contributed by atoms with Gasteiger partial charge in [-0.3, -0.25) is 9.59 Å². The molecule has 2 aromatic carbocycles. The van der Waals surface area contributed by atoms with E-state index in [4.69, 9.17) is 21.1 Å². The van der Waals surface area contributed by atoms with Crippen molar-refractivity contribution in [3.63, 3.8) is 0 Å². The zero-order chi connectivity index (χ0) is 19.9. The van der Waals surface area contributed by atoms with Gasteiger partial charge < -0.3 is 20.1 Å². The third kappa shape index (κ3) is 5.47. The van der Waals surface area contributed by atoms with Gasteiger partial charge >= 0.3 is 0 Å². The number of anilines is 1. The summed E-state index contributed by atoms with van der Waals surface area (Å²) in [7, 11) is 0. The Labute approximate surface area is 169 Å². The van der Waals surface area contributed by atoms with Gasteiger partial charge in [0.25, 0.3) is 11.8 Å². The summed E-state index contributed by atoms with van der Waals surface area (Å²) in [4.78, 5) is 25.1. The molecule has 0 saturated carbocycles. The topological polar surface area (TPSA) is 76.7 Å². The van der Waals surface area contributed by atoms with Crippen LogP contribution in [0.4, 0.5) is 5.69 Å². The number of nitrogens with one attached hydrogen (secondary N) is 2. The Morgan fingerprint density at radius 2 is 2.07 bits per heavy atom. The number of benzene rings is 2. The van der Waals surface area contributed by atoms with E-state index in [2.05, 4.69) is 10.6 Å². The molecular weight excluding hydrogens is 380 g/mol. The van der Waals surface area contributed by atoms with Crippen LogP contribution >= 0.6 is 11.6 Å². The number of carbonyl (C=O) groups excluding carboxylic acids is 2. The van der Waals surface area contributed by atoms with E-state index in [1.54, 1.807) is 55.5 Å². The van der Waals surface area contributed by atoms with Gasteiger partial charge in [-0.15, -0.1) is 0 Å². The lowest BCUT2D eigenvalue weighted by molar-refractivity contribution is -0.122. The van der Waals surface area contributed by atoms with Crippen molar-refractivity contribution in [1.29, 1.82) is 0 Å². The van der Waals surface area contributed by atoms with Gasteiger partial charge in [-0.2, -0.15) is 0 Å². The zero-order valence-electron chi connectivity index (χ0n) is 15.6. The quantitative estimate of drug-likeness (QED) is 0.741. The normalized spacial score (nSPS) is 17.0. The second-order valence-corrected chi connectivity index (χ2v) is 7.03. The molecule has 0 unspecified atom stereocenters. The molecule has 0 bridgehead atoms. The Balaban J connectivity index is 1.61. The number of amides is 2. The molecule has 1 heterocycles. The first kappa shape index (κ1) is 20.2. The van der Waals surface area contributed by atoms with Crippen molar-refractivity contribution < 1.29 is 19.1 Å². The van der Waals surface area contributed by atoms with Crippen molar-refractivity contribution in [3.8, 4) is 5.75 Å². The van der Waals surface area contributed by atoms with Gasteiger partial charge in [0.1, 0.15) is 5.75 Å². The van der Waals surface area contributed by atoms with Crippen LogP contribution in [-0.2, 0) is 9.53 Å². The Bertz CT molecular complexity index is 837. The third-order valence-electron chi connectivity index (χ3n) is 4.42. The van der Waals surface area contributed by atoms with Crippen molar-refractivity contribution in [2.75, 3.05) is 18.5 Å². The van der Waals surface area contributed by atoms with Gasteiger partial charge in [0.2, 0.25) is 0 Å². The minimum absolute atomic E-state index is 0.0526. The Hall–Kier alpha value is -2.57. The fourth-order valence-corrected chi connectivity index (χ4v) is 3.11. The number of carbonyl (C=O) groups is 2. The van der Waals surface area contributed by atoms with E-state index in [9.17, 15) is 9.59 Å². The lowest BCUT2D eigenvalue weighted by Gasteiger charge is -2.17. The van der Waals surface area contributed by atoms with Gasteiger partial charge in [-0.05, 0) is 50.1 Å². The maximum Gasteiger partial charge on any atom is 0.265 e. The maximum absolute atomic E-state index is 12.5. The second kappa shape index (κ2) is 9.57. The van der Waals surface area contributed by atoms with E-state index in [1.807, 2.05) is 0 Å². The number of rotatable bonds is 7. The minimum Gasteiger partial charge on any atom is -0.481 e. The number of hydrogen-bond donors (Lipinski definition) is 2. The Morgan fingerprint density at radius 3 is 2.82 bits per heavy atom. The molecule has 0 aromatic heterocycles. The van der Waals surface area contributed by atoms with E-state index >= 15 is 0 Å². The fraction of sp³-hybridized carbons (Fsp3) is 0.333. The predicted octanol–water partition coefficient (Wildman–Crippen LogP) is 3.65. The van der Waals surface area contributed by atoms with Crippen molar-refractivity contribution in [2.45, 2.75) is 32.0 Å². The predicted molar refractivity (Wildman–Crippen MR) is 108 cm³/mol. The van der Waals surface area contributed by atoms with Gasteiger partial charge in [0, 0.05) is 18.2 Å². The number of hydrogen-bond acceptors (Lipinski definition) is 4. The van der Waals surface area contributed by atoms with Crippen LogP contribution in [-0.4, -0.2) is 37.2 Å². The molecule has 2 aromatic rings. The molecule has 3 rings (SSSR count). The molecule has 2 amide bonds. The summed E-state index contributed by atoms with van der Waals surface area (Å²) >= 11 is 5.94. The molecule has 1 fully saturated rings. The average molecular weight is 403 g/mol. The van der Waals surface area contributed by atoms with E-state index in [0.29, 0.717) is 28.6 Å². The van der Waals surface area contributed by atoms with Crippen LogP contribution in [0.25, 0.3) is 0 Å². The van der Waals surface area contributed by atoms with Crippen LogP contribution in [0.1, 0.15) is 30.1 Å². The summed E-state index contributed by atoms with van der Waals surface area (Å²) in [5.41, 5.74) is 0.822. The highest BCUT2D eigenvalue weighted by Gasteiger charge is 2.20. The van der Waals surface area contributed by atoms with E-state index in [0.717, 1.165) is 19.4 Å². The van der Waals surface area contributed by atoms with Crippen LogP contribution in [0.2, 0.25) is 5.02 Å². The van der Waals surface area contributed by atoms with Crippen LogP contribution in [0.3, 0.4) is 0 Å². The van der Waals surface area contributed by atoms with Crippen molar-refractivity contribution >= 4 is 29.1 Å². The molecule has 1 aliphatic heterocycles. The summed E-state index contributed by atoms with van der Waals surface area (Å²) in [5, 5.41) is 6.16. The Kier molecular flexibility index (Phi) is 6.90. The zero-order valence-corrected chi connectivity index (χ0v) is 16.4. The van der Waals surface area contributed by atoms with Crippen LogP contribution in [0, 0.1) is 0 Å². The van der Waals surface area contributed by atoms with E-state index in [-0.39, 0.29) is 17.9 Å². The first-order valence-corrected chi connectivity index (χ1v) is 9.62. The summed E-state index contributed by atoms with van der Waals surface area (Å²) in [6.07, 6.45) is 1.24. The first-order chi connectivity index (χ1) is 13.5. The maximum atomic E-state index is 12.5. The highest BCUT2D eigenvalue weighted by molar-refractivity contribution is 6.30. The molecule has 0 spiro atoms. The van der Waals surface area contributed by atoms with Gasteiger partial charge in [0.05, 0.1) is 17.4 Å². The molecule has 2 atom stereocenters. The molecule has 6 nitrogen and oxygen atoms in total. The smallest absolute Gasteiger partial charge is 0.265 e. The lowest BCUT2D eigenvalue weighted by atomic mass is 10.1. The third-order valence-corrected chi connectivity index (χ3v) is 4.66. The van der Waals surface area contributed by atoms with Gasteiger partial charge in [-0.25, -0.2) is 0 Å². The minimum atomic E-state index is -0.763. The van der Waals surface area contributed by atoms with Gasteiger partial charge in [0.15, 0.2) is 6.10 Å². The second-order valence-electron chi connectivity index (χ2n) is 6.60. The SMILES string of the molecule is C[C@@H](Oc1cccc(Cl)c1)C(=O)Nc1ccccc1C(=O)NC[C@@H]1CCCO1. The summed E-state index contributed by atoms with van der Waals surface area (Å²) in [6.45, 7) is 2.82. The van der Waals surface area contributed by atoms with Crippen molar-refractivity contribution in [3.05, 3.63) is 59.1 Å². The molecule has 2 N–H and O–H groups in total.